The number of likely N-dealkylation sites (tertiary alicyclic amines) is 1. The maximum atomic E-state index is 13.6. The zero-order chi connectivity index (χ0) is 40.6. The van der Waals surface area contributed by atoms with Gasteiger partial charge in [-0.2, -0.15) is 0 Å². The number of nitrogens with zero attached hydrogens (tertiary/aromatic N) is 2. The van der Waals surface area contributed by atoms with Gasteiger partial charge in [-0.3, -0.25) is 24.2 Å². The Morgan fingerprint density at radius 3 is 2.31 bits per heavy atom. The predicted octanol–water partition coefficient (Wildman–Crippen LogP) is 7.08. The van der Waals surface area contributed by atoms with E-state index in [1.807, 2.05) is 12.1 Å². The number of ether oxygens (including phenoxy) is 3. The Morgan fingerprint density at radius 1 is 1.02 bits per heavy atom. The summed E-state index contributed by atoms with van der Waals surface area (Å²) in [6.45, 7) is 11.2. The molecule has 2 heterocycles. The molecule has 1 saturated heterocycles. The largest absolute Gasteiger partial charge is 0.461 e. The molecule has 12 nitrogen and oxygen atoms in total. The van der Waals surface area contributed by atoms with E-state index in [0.29, 0.717) is 29.6 Å². The highest BCUT2D eigenvalue weighted by atomic mass is 35.6. The van der Waals surface area contributed by atoms with Gasteiger partial charge in [0.2, 0.25) is 16.1 Å². The standard InChI is InChI=1S/C37H47Cl3F2N4O8/c1-21(44-34(51)54-35(3,4)5)26-13-12-24-11-10-23(17-27(24)45-26)14-15-36(6,7)33(50)53-28(18-29(41)42)30(47)43-22(2)31(48)46-16-8-9-25(19-46)32(49)52-20-37(38,39)40/h10-15,17,21-22,25,28-29H,8-9,16,18-20H2,1-7H3,(H,43,47)(H,44,51)/b15-14+/t21-,22+,25-,28+/m1/s1. The number of rotatable bonds is 13. The summed E-state index contributed by atoms with van der Waals surface area (Å²) >= 11 is 16.9. The normalized spacial score (nSPS) is 17.1. The third-order valence-corrected chi connectivity index (χ3v) is 8.57. The number of nitrogens with one attached hydrogen (secondary N) is 2. The van der Waals surface area contributed by atoms with E-state index in [1.165, 1.54) is 31.7 Å². The van der Waals surface area contributed by atoms with Gasteiger partial charge in [0.15, 0.2) is 6.10 Å². The maximum absolute atomic E-state index is 13.6. The third kappa shape index (κ3) is 14.2. The van der Waals surface area contributed by atoms with Gasteiger partial charge in [-0.1, -0.05) is 65.2 Å². The Balaban J connectivity index is 1.65. The van der Waals surface area contributed by atoms with Crippen LogP contribution in [0.5, 0.6) is 0 Å². The van der Waals surface area contributed by atoms with Crippen LogP contribution in [0.2, 0.25) is 0 Å². The highest BCUT2D eigenvalue weighted by molar-refractivity contribution is 6.67. The maximum Gasteiger partial charge on any atom is 0.408 e. The molecule has 4 atom stereocenters. The van der Waals surface area contributed by atoms with Crippen molar-refractivity contribution in [1.29, 1.82) is 0 Å². The molecule has 1 fully saturated rings. The van der Waals surface area contributed by atoms with E-state index >= 15 is 0 Å². The van der Waals surface area contributed by atoms with Crippen molar-refractivity contribution >= 4 is 81.6 Å². The van der Waals surface area contributed by atoms with Gasteiger partial charge >= 0.3 is 18.0 Å². The van der Waals surface area contributed by atoms with E-state index in [-0.39, 0.29) is 13.1 Å². The number of halogens is 5. The van der Waals surface area contributed by atoms with Crippen LogP contribution in [0.15, 0.2) is 36.4 Å². The third-order valence-electron chi connectivity index (χ3n) is 8.24. The van der Waals surface area contributed by atoms with Crippen molar-refractivity contribution in [2.24, 2.45) is 11.3 Å². The molecule has 0 unspecified atom stereocenters. The fourth-order valence-corrected chi connectivity index (χ4v) is 5.52. The molecule has 0 saturated carbocycles. The van der Waals surface area contributed by atoms with E-state index in [9.17, 15) is 32.8 Å². The lowest BCUT2D eigenvalue weighted by molar-refractivity contribution is -0.164. The molecule has 1 aromatic carbocycles. The first-order chi connectivity index (χ1) is 24.9. The van der Waals surface area contributed by atoms with Crippen LogP contribution in [0.4, 0.5) is 13.6 Å². The second kappa shape index (κ2) is 18.7. The van der Waals surface area contributed by atoms with Crippen LogP contribution >= 0.6 is 34.8 Å². The number of aromatic nitrogens is 1. The molecular weight excluding hydrogens is 773 g/mol. The number of piperidine rings is 1. The molecule has 2 N–H and O–H groups in total. The summed E-state index contributed by atoms with van der Waals surface area (Å²) in [5.74, 6) is -3.94. The lowest BCUT2D eigenvalue weighted by atomic mass is 9.92. The summed E-state index contributed by atoms with van der Waals surface area (Å²) in [5, 5.41) is 5.96. The molecule has 54 heavy (non-hydrogen) atoms. The number of benzene rings is 1. The van der Waals surface area contributed by atoms with Gasteiger partial charge in [-0.25, -0.2) is 13.6 Å². The van der Waals surface area contributed by atoms with Crippen LogP contribution < -0.4 is 10.6 Å². The van der Waals surface area contributed by atoms with Gasteiger partial charge in [-0.05, 0) is 79.0 Å². The number of carbonyl (C=O) groups is 5. The van der Waals surface area contributed by atoms with Gasteiger partial charge in [0.25, 0.3) is 5.91 Å². The molecule has 298 valence electrons. The van der Waals surface area contributed by atoms with Gasteiger partial charge in [0.1, 0.15) is 18.2 Å². The van der Waals surface area contributed by atoms with Crippen LogP contribution in [0, 0.1) is 11.3 Å². The lowest BCUT2D eigenvalue weighted by Crippen LogP contribution is -2.53. The van der Waals surface area contributed by atoms with Crippen molar-refractivity contribution in [3.8, 4) is 0 Å². The lowest BCUT2D eigenvalue weighted by Gasteiger charge is -2.34. The molecule has 0 aliphatic carbocycles. The number of amides is 3. The van der Waals surface area contributed by atoms with Gasteiger partial charge in [0, 0.05) is 18.5 Å². The van der Waals surface area contributed by atoms with Crippen molar-refractivity contribution in [2.75, 3.05) is 19.7 Å². The smallest absolute Gasteiger partial charge is 0.408 e. The zero-order valence-corrected chi connectivity index (χ0v) is 33.5. The second-order valence-corrected chi connectivity index (χ2v) is 17.2. The minimum atomic E-state index is -3.00. The van der Waals surface area contributed by atoms with Crippen molar-refractivity contribution < 1.29 is 47.0 Å². The molecular formula is C37H47Cl3F2N4O8. The molecule has 0 bridgehead atoms. The van der Waals surface area contributed by atoms with Crippen molar-refractivity contribution in [3.05, 3.63) is 47.7 Å². The van der Waals surface area contributed by atoms with E-state index in [4.69, 9.17) is 49.0 Å². The summed E-state index contributed by atoms with van der Waals surface area (Å²) in [4.78, 5) is 70.3. The molecule has 2 aromatic rings. The Morgan fingerprint density at radius 2 is 1.69 bits per heavy atom. The van der Waals surface area contributed by atoms with Crippen molar-refractivity contribution in [1.82, 2.24) is 20.5 Å². The van der Waals surface area contributed by atoms with E-state index in [2.05, 4.69) is 15.6 Å². The van der Waals surface area contributed by atoms with Gasteiger partial charge in [0.05, 0.1) is 35.0 Å². The number of pyridine rings is 1. The van der Waals surface area contributed by atoms with Crippen LogP contribution in [-0.4, -0.2) is 87.4 Å². The van der Waals surface area contributed by atoms with Crippen LogP contribution in [0.3, 0.4) is 0 Å². The van der Waals surface area contributed by atoms with Crippen LogP contribution in [0.25, 0.3) is 17.0 Å². The summed E-state index contributed by atoms with van der Waals surface area (Å²) in [5.41, 5.74) is -0.159. The Hall–Kier alpha value is -3.75. The average molecular weight is 820 g/mol. The average Bonchev–Trinajstić information content (AvgIpc) is 3.07. The molecule has 17 heteroatoms. The SMILES string of the molecule is C[C@H](NC(=O)[C@H](CC(F)F)OC(=O)C(C)(C)/C=C/c1ccc2ccc([C@@H](C)NC(=O)OC(C)(C)C)nc2c1)C(=O)N1CCC[C@@H](C(=O)OCC(Cl)(Cl)Cl)C1. The molecule has 1 aliphatic rings. The zero-order valence-electron chi connectivity index (χ0n) is 31.2. The fourth-order valence-electron chi connectivity index (χ4n) is 5.36. The number of esters is 2. The number of alkyl carbamates (subject to hydrolysis) is 1. The minimum Gasteiger partial charge on any atom is -0.461 e. The minimum absolute atomic E-state index is 0.0213. The number of hydrogen-bond acceptors (Lipinski definition) is 9. The van der Waals surface area contributed by atoms with Crippen molar-refractivity contribution in [3.63, 3.8) is 0 Å². The topological polar surface area (TPSA) is 153 Å². The Kier molecular flexibility index (Phi) is 15.5. The summed E-state index contributed by atoms with van der Waals surface area (Å²) < 4.78 is 41.0. The first kappa shape index (κ1) is 44.6. The van der Waals surface area contributed by atoms with E-state index in [0.717, 1.165) is 5.39 Å². The Bertz CT molecular complexity index is 1710. The van der Waals surface area contributed by atoms with Crippen LogP contribution in [-0.2, 0) is 33.4 Å². The van der Waals surface area contributed by atoms with E-state index < -0.39 is 88.2 Å². The number of alkyl halides is 5. The first-order valence-corrected chi connectivity index (χ1v) is 18.5. The highest BCUT2D eigenvalue weighted by Gasteiger charge is 2.37. The monoisotopic (exact) mass is 818 g/mol. The van der Waals surface area contributed by atoms with Gasteiger partial charge in [-0.15, -0.1) is 0 Å². The quantitative estimate of drug-likeness (QED) is 0.123. The molecule has 3 rings (SSSR count). The van der Waals surface area contributed by atoms with Crippen LogP contribution in [0.1, 0.15) is 85.0 Å². The van der Waals surface area contributed by atoms with Gasteiger partial charge < -0.3 is 29.7 Å². The predicted molar refractivity (Wildman–Crippen MR) is 201 cm³/mol. The summed E-state index contributed by atoms with van der Waals surface area (Å²) in [7, 11) is 0. The molecule has 1 aliphatic heterocycles. The van der Waals surface area contributed by atoms with Crippen molar-refractivity contribution in [2.45, 2.75) is 102 Å². The molecule has 0 spiro atoms. The van der Waals surface area contributed by atoms with E-state index in [1.54, 1.807) is 52.0 Å². The molecule has 3 amide bonds. The first-order valence-electron chi connectivity index (χ1n) is 17.4. The summed E-state index contributed by atoms with van der Waals surface area (Å²) in [6.07, 6.45) is -2.54. The number of fused-ring (bicyclic) bond motifs is 1. The number of carbonyl (C=O) groups excluding carboxylic acids is 5. The Labute approximate surface area is 328 Å². The fraction of sp³-hybridized carbons (Fsp3) is 0.568. The summed E-state index contributed by atoms with van der Waals surface area (Å²) in [6, 6.07) is 7.41. The molecule has 0 radical (unpaired) electrons. The second-order valence-electron chi connectivity index (χ2n) is 14.7. The number of hydrogen-bond donors (Lipinski definition) is 2. The molecule has 1 aromatic heterocycles. The highest BCUT2D eigenvalue weighted by Crippen LogP contribution is 2.28.